The zero-order chi connectivity index (χ0) is 32.2. The van der Waals surface area contributed by atoms with Gasteiger partial charge in [-0.3, -0.25) is 22.9 Å². The summed E-state index contributed by atoms with van der Waals surface area (Å²) in [4.78, 5) is 29.6. The molecule has 3 aromatic heterocycles. The van der Waals surface area contributed by atoms with Crippen LogP contribution in [0.4, 0.5) is 5.82 Å². The number of aliphatic hydroxyl groups excluding tert-OH is 1. The van der Waals surface area contributed by atoms with Crippen molar-refractivity contribution in [3.8, 4) is 11.8 Å². The molecule has 18 heteroatoms. The summed E-state index contributed by atoms with van der Waals surface area (Å²) in [6.07, 6.45) is 2.03. The predicted molar refractivity (Wildman–Crippen MR) is 169 cm³/mol. The van der Waals surface area contributed by atoms with Crippen molar-refractivity contribution in [1.29, 1.82) is 5.26 Å². The van der Waals surface area contributed by atoms with E-state index in [1.807, 2.05) is 30.3 Å². The molecule has 1 fully saturated rings. The Kier molecular flexibility index (Phi) is 12.3. The number of benzene rings is 1. The molecule has 46 heavy (non-hydrogen) atoms. The second-order valence-corrected chi connectivity index (χ2v) is 13.5. The van der Waals surface area contributed by atoms with Gasteiger partial charge in [0.1, 0.15) is 35.5 Å². The molecule has 0 saturated carbocycles. The third-order valence-electron chi connectivity index (χ3n) is 6.33. The summed E-state index contributed by atoms with van der Waals surface area (Å²) in [7, 11) is -1.26. The fraction of sp³-hybridized carbons (Fsp3) is 0.357. The van der Waals surface area contributed by atoms with Gasteiger partial charge in [0.25, 0.3) is 5.91 Å². The largest absolute Gasteiger partial charge is 0.484 e. The topological polar surface area (TPSA) is 193 Å². The Hall–Kier alpha value is -3.59. The number of rotatable bonds is 17. The lowest BCUT2D eigenvalue weighted by molar-refractivity contribution is -0.118. The number of nitrogens with one attached hydrogen (secondary N) is 1. The number of aliphatic hydroxyl groups is 1. The van der Waals surface area contributed by atoms with Crippen LogP contribution >= 0.6 is 29.4 Å². The highest BCUT2D eigenvalue weighted by atomic mass is 33.1. The van der Waals surface area contributed by atoms with Crippen molar-refractivity contribution in [2.24, 2.45) is 0 Å². The smallest absolute Gasteiger partial charge is 0.475 e. The molecule has 242 valence electrons. The van der Waals surface area contributed by atoms with Crippen LogP contribution in [-0.2, 0) is 27.7 Å². The van der Waals surface area contributed by atoms with Crippen LogP contribution in [0.2, 0.25) is 0 Å². The minimum atomic E-state index is -4.16. The Morgan fingerprint density at radius 1 is 1.13 bits per heavy atom. The van der Waals surface area contributed by atoms with Gasteiger partial charge in [-0.2, -0.15) is 5.26 Å². The van der Waals surface area contributed by atoms with Crippen LogP contribution < -0.4 is 10.1 Å². The molecule has 0 spiro atoms. The fourth-order valence-corrected chi connectivity index (χ4v) is 7.49. The van der Waals surface area contributed by atoms with Crippen LogP contribution in [0.5, 0.6) is 5.75 Å². The van der Waals surface area contributed by atoms with Gasteiger partial charge in [-0.25, -0.2) is 24.5 Å². The number of imidazole rings is 1. The lowest BCUT2D eigenvalue weighted by Gasteiger charge is -2.23. The third-order valence-corrected chi connectivity index (χ3v) is 10.1. The molecule has 15 nitrogen and oxygen atoms in total. The molecule has 4 aromatic rings. The second kappa shape index (κ2) is 16.8. The Labute approximate surface area is 272 Å². The number of ether oxygens (including phenoxy) is 2. The highest BCUT2D eigenvalue weighted by Gasteiger charge is 2.43. The van der Waals surface area contributed by atoms with E-state index in [9.17, 15) is 14.5 Å². The van der Waals surface area contributed by atoms with E-state index in [0.717, 1.165) is 5.03 Å². The first-order valence-electron chi connectivity index (χ1n) is 14.0. The Morgan fingerprint density at radius 3 is 2.74 bits per heavy atom. The predicted octanol–water partition coefficient (Wildman–Crippen LogP) is 4.40. The average molecular weight is 688 g/mol. The Morgan fingerprint density at radius 2 is 1.96 bits per heavy atom. The minimum Gasteiger partial charge on any atom is -0.484 e. The van der Waals surface area contributed by atoms with Gasteiger partial charge in [0, 0.05) is 18.4 Å². The molecule has 4 atom stereocenters. The number of para-hydroxylation sites is 1. The number of carbonyl (C=O) groups is 1. The summed E-state index contributed by atoms with van der Waals surface area (Å²) in [5.74, 6) is 0.733. The Balaban J connectivity index is 1.21. The van der Waals surface area contributed by atoms with Crippen LogP contribution in [-0.4, -0.2) is 79.9 Å². The molecule has 1 aliphatic rings. The number of anilines is 1. The van der Waals surface area contributed by atoms with Gasteiger partial charge in [0.2, 0.25) is 0 Å². The molecule has 1 unspecified atom stereocenters. The van der Waals surface area contributed by atoms with Gasteiger partial charge in [0.15, 0.2) is 23.6 Å². The second-order valence-electron chi connectivity index (χ2n) is 9.48. The normalized spacial score (nSPS) is 19.0. The van der Waals surface area contributed by atoms with Crippen LogP contribution in [0, 0.1) is 11.3 Å². The summed E-state index contributed by atoms with van der Waals surface area (Å²) in [5.41, 5.74) is 0.655. The molecule has 5 rings (SSSR count). The van der Waals surface area contributed by atoms with Gasteiger partial charge < -0.3 is 19.9 Å². The summed E-state index contributed by atoms with van der Waals surface area (Å²) in [6, 6.07) is 16.4. The number of amides is 1. The summed E-state index contributed by atoms with van der Waals surface area (Å²) < 4.78 is 43.6. The van der Waals surface area contributed by atoms with E-state index in [4.69, 9.17) is 28.3 Å². The Bertz CT molecular complexity index is 1660. The zero-order valence-corrected chi connectivity index (χ0v) is 26.8. The van der Waals surface area contributed by atoms with Crippen molar-refractivity contribution < 1.29 is 37.5 Å². The van der Waals surface area contributed by atoms with Crippen molar-refractivity contribution in [1.82, 2.24) is 24.5 Å². The number of nitriles is 1. The van der Waals surface area contributed by atoms with Crippen molar-refractivity contribution in [3.63, 3.8) is 0 Å². The van der Waals surface area contributed by atoms with Gasteiger partial charge >= 0.3 is 7.82 Å². The summed E-state index contributed by atoms with van der Waals surface area (Å²) in [6.45, 7) is -0.818. The van der Waals surface area contributed by atoms with Crippen molar-refractivity contribution >= 4 is 52.3 Å². The number of phosphoric ester groups is 1. The van der Waals surface area contributed by atoms with Crippen LogP contribution in [0.1, 0.15) is 19.1 Å². The number of pyridine rings is 1. The first kappa shape index (κ1) is 33.8. The van der Waals surface area contributed by atoms with Crippen LogP contribution in [0.15, 0.2) is 72.4 Å². The molecular weight excluding hydrogens is 657 g/mol. The minimum absolute atomic E-state index is 0.0216. The summed E-state index contributed by atoms with van der Waals surface area (Å²) >= 11 is 0. The number of aromatic nitrogens is 5. The molecular formula is C28H30N7O8PS2. The van der Waals surface area contributed by atoms with E-state index >= 15 is 0 Å². The lowest BCUT2D eigenvalue weighted by Crippen LogP contribution is -2.27. The molecule has 1 aliphatic heterocycles. The van der Waals surface area contributed by atoms with E-state index in [-0.39, 0.29) is 38.5 Å². The van der Waals surface area contributed by atoms with Gasteiger partial charge in [0.05, 0.1) is 38.6 Å². The molecule has 4 heterocycles. The molecule has 0 aliphatic carbocycles. The maximum Gasteiger partial charge on any atom is 0.475 e. The number of nitrogens with zero attached hydrogens (tertiary/aromatic N) is 6. The molecule has 0 radical (unpaired) electrons. The fourth-order valence-electron chi connectivity index (χ4n) is 4.28. The van der Waals surface area contributed by atoms with E-state index in [1.165, 1.54) is 34.2 Å². The van der Waals surface area contributed by atoms with E-state index in [0.29, 0.717) is 22.7 Å². The maximum atomic E-state index is 13.6. The molecule has 2 N–H and O–H groups in total. The number of hydrogen-bond acceptors (Lipinski definition) is 15. The van der Waals surface area contributed by atoms with Crippen LogP contribution in [0.3, 0.4) is 0 Å². The molecule has 1 amide bonds. The molecule has 0 bridgehead atoms. The zero-order valence-electron chi connectivity index (χ0n) is 24.3. The standard InChI is InChI=1S/C28H30N7O8PS2/c29-10-6-12-40-44(38,41-13-14-45-46-24-9-4-5-11-30-24)43-21-15-25(42-22(21)16-36)35-19-33-26-27(31-18-32-28(26)35)34-23(37)17-39-20-7-2-1-3-8-20/h1-5,7-9,11,18-19,21-22,25,36H,6,12-17H2,(H,31,32,34,37)/t21-,22-,25-,44?/m1/s1. The van der Waals surface area contributed by atoms with Gasteiger partial charge in [-0.1, -0.05) is 35.1 Å². The molecule has 1 saturated heterocycles. The highest BCUT2D eigenvalue weighted by Crippen LogP contribution is 2.53. The summed E-state index contributed by atoms with van der Waals surface area (Å²) in [5, 5.41) is 22.5. The van der Waals surface area contributed by atoms with Crippen molar-refractivity contribution in [2.45, 2.75) is 36.3 Å². The van der Waals surface area contributed by atoms with E-state index < -0.39 is 38.8 Å². The van der Waals surface area contributed by atoms with E-state index in [1.54, 1.807) is 35.0 Å². The van der Waals surface area contributed by atoms with Crippen molar-refractivity contribution in [2.75, 3.05) is 37.5 Å². The first-order chi connectivity index (χ1) is 22.5. The van der Waals surface area contributed by atoms with Crippen molar-refractivity contribution in [3.05, 3.63) is 67.4 Å². The maximum absolute atomic E-state index is 13.6. The van der Waals surface area contributed by atoms with Gasteiger partial charge in [-0.15, -0.1) is 0 Å². The van der Waals surface area contributed by atoms with E-state index in [2.05, 4.69) is 25.3 Å². The van der Waals surface area contributed by atoms with Gasteiger partial charge in [-0.05, 0) is 35.1 Å². The lowest BCUT2D eigenvalue weighted by atomic mass is 10.2. The monoisotopic (exact) mass is 687 g/mol. The SMILES string of the molecule is N#CCCOP(=O)(OCCSSc1ccccn1)O[C@@H]1C[C@H](n2cnc3c(NC(=O)COc4ccccc4)ncnc32)O[C@@H]1CO. The number of hydrogen-bond donors (Lipinski definition) is 2. The number of carbonyl (C=O) groups excluding carboxylic acids is 1. The average Bonchev–Trinajstić information content (AvgIpc) is 3.69. The third kappa shape index (κ3) is 9.24. The first-order valence-corrected chi connectivity index (χ1v) is 17.8. The highest BCUT2D eigenvalue weighted by molar-refractivity contribution is 8.76. The number of phosphoric acid groups is 1. The van der Waals surface area contributed by atoms with Crippen LogP contribution in [0.25, 0.3) is 11.2 Å². The molecule has 1 aromatic carbocycles. The quantitative estimate of drug-likeness (QED) is 0.0901. The number of fused-ring (bicyclic) bond motifs is 1.